The molecular weight excluding hydrogens is 180 g/mol. The Labute approximate surface area is 79.3 Å². The van der Waals surface area contributed by atoms with Gasteiger partial charge < -0.3 is 4.57 Å². The van der Waals surface area contributed by atoms with Gasteiger partial charge in [0, 0.05) is 7.05 Å². The van der Waals surface area contributed by atoms with E-state index < -0.39 is 0 Å². The summed E-state index contributed by atoms with van der Waals surface area (Å²) < 4.78 is 6.66. The van der Waals surface area contributed by atoms with Crippen LogP contribution in [0.25, 0.3) is 22.1 Å². The molecule has 0 aliphatic heterocycles. The smallest absolute Gasteiger partial charge is 0.137 e. The number of benzene rings is 1. The fourth-order valence-electron chi connectivity index (χ4n) is 1.59. The van der Waals surface area contributed by atoms with Gasteiger partial charge in [-0.3, -0.25) is 0 Å². The fourth-order valence-corrected chi connectivity index (χ4v) is 1.59. The molecule has 5 heteroatoms. The van der Waals surface area contributed by atoms with E-state index in [-0.39, 0.29) is 0 Å². The maximum Gasteiger partial charge on any atom is 0.137 e. The highest BCUT2D eigenvalue weighted by Gasteiger charge is 2.08. The van der Waals surface area contributed by atoms with Crippen LogP contribution in [0.4, 0.5) is 0 Å². The number of fused-ring (bicyclic) bond motifs is 2. The first-order valence-electron chi connectivity index (χ1n) is 4.31. The molecule has 0 saturated heterocycles. The summed E-state index contributed by atoms with van der Waals surface area (Å²) >= 11 is 0. The standard InChI is InChI=1S/C9H8N4O/c1-5-10-8-3-6-7(12-14-11-6)4-9(8)13(5)2/h3-4H,1-2H3. The maximum atomic E-state index is 4.64. The summed E-state index contributed by atoms with van der Waals surface area (Å²) in [7, 11) is 1.98. The summed E-state index contributed by atoms with van der Waals surface area (Å²) in [5, 5.41) is 7.56. The second kappa shape index (κ2) is 2.31. The van der Waals surface area contributed by atoms with Crippen LogP contribution in [0.1, 0.15) is 5.82 Å². The number of imidazole rings is 1. The third-order valence-corrected chi connectivity index (χ3v) is 2.48. The number of hydrogen-bond acceptors (Lipinski definition) is 4. The molecule has 0 bridgehead atoms. The van der Waals surface area contributed by atoms with Crippen molar-refractivity contribution in [3.63, 3.8) is 0 Å². The first kappa shape index (κ1) is 7.49. The molecule has 0 aliphatic carbocycles. The van der Waals surface area contributed by atoms with E-state index in [0.29, 0.717) is 0 Å². The zero-order valence-corrected chi connectivity index (χ0v) is 7.85. The van der Waals surface area contributed by atoms with E-state index in [0.717, 1.165) is 27.9 Å². The summed E-state index contributed by atoms with van der Waals surface area (Å²) in [5.74, 6) is 0.976. The van der Waals surface area contributed by atoms with Gasteiger partial charge >= 0.3 is 0 Å². The van der Waals surface area contributed by atoms with Crippen LogP contribution in [0.2, 0.25) is 0 Å². The van der Waals surface area contributed by atoms with E-state index in [2.05, 4.69) is 19.9 Å². The highest BCUT2D eigenvalue weighted by Crippen LogP contribution is 2.20. The monoisotopic (exact) mass is 188 g/mol. The Morgan fingerprint density at radius 1 is 1.14 bits per heavy atom. The molecule has 3 rings (SSSR count). The van der Waals surface area contributed by atoms with Crippen molar-refractivity contribution in [3.8, 4) is 0 Å². The van der Waals surface area contributed by atoms with E-state index in [4.69, 9.17) is 0 Å². The van der Waals surface area contributed by atoms with Crippen molar-refractivity contribution in [1.29, 1.82) is 0 Å². The fraction of sp³-hybridized carbons (Fsp3) is 0.222. The summed E-state index contributed by atoms with van der Waals surface area (Å²) in [4.78, 5) is 4.40. The minimum atomic E-state index is 0.746. The third kappa shape index (κ3) is 0.810. The number of nitrogens with zero attached hydrogens (tertiary/aromatic N) is 4. The minimum Gasteiger partial charge on any atom is -0.331 e. The van der Waals surface area contributed by atoms with Gasteiger partial charge in [0.25, 0.3) is 0 Å². The molecule has 0 N–H and O–H groups in total. The van der Waals surface area contributed by atoms with E-state index in [1.54, 1.807) is 0 Å². The van der Waals surface area contributed by atoms with Gasteiger partial charge in [-0.2, -0.15) is 0 Å². The molecule has 1 aromatic carbocycles. The molecule has 0 aliphatic rings. The molecule has 0 unspecified atom stereocenters. The Morgan fingerprint density at radius 2 is 1.86 bits per heavy atom. The minimum absolute atomic E-state index is 0.746. The van der Waals surface area contributed by atoms with Crippen LogP contribution in [0.15, 0.2) is 16.8 Å². The zero-order chi connectivity index (χ0) is 9.71. The molecule has 2 heterocycles. The molecule has 70 valence electrons. The molecule has 0 atom stereocenters. The molecule has 3 aromatic rings. The Kier molecular flexibility index (Phi) is 1.24. The van der Waals surface area contributed by atoms with Gasteiger partial charge in [0.15, 0.2) is 0 Å². The maximum absolute atomic E-state index is 4.64. The predicted octanol–water partition coefficient (Wildman–Crippen LogP) is 1.42. The Balaban J connectivity index is 2.56. The van der Waals surface area contributed by atoms with Gasteiger partial charge in [0.05, 0.1) is 11.0 Å². The van der Waals surface area contributed by atoms with Crippen molar-refractivity contribution in [2.75, 3.05) is 0 Å². The van der Waals surface area contributed by atoms with E-state index >= 15 is 0 Å². The zero-order valence-electron chi connectivity index (χ0n) is 7.85. The molecule has 0 saturated carbocycles. The van der Waals surface area contributed by atoms with Crippen molar-refractivity contribution in [2.45, 2.75) is 6.92 Å². The largest absolute Gasteiger partial charge is 0.331 e. The van der Waals surface area contributed by atoms with E-state index in [9.17, 15) is 0 Å². The summed E-state index contributed by atoms with van der Waals surface area (Å²) in [6.07, 6.45) is 0. The average Bonchev–Trinajstić information content (AvgIpc) is 2.70. The van der Waals surface area contributed by atoms with Crippen LogP contribution in [0, 0.1) is 6.92 Å². The Bertz CT molecular complexity index is 622. The van der Waals surface area contributed by atoms with Gasteiger partial charge in [0.1, 0.15) is 16.9 Å². The lowest BCUT2D eigenvalue weighted by molar-refractivity contribution is 0.315. The first-order chi connectivity index (χ1) is 6.75. The summed E-state index contributed by atoms with van der Waals surface area (Å²) in [6, 6.07) is 3.81. The van der Waals surface area contributed by atoms with Crippen LogP contribution in [0.5, 0.6) is 0 Å². The SMILES string of the molecule is Cc1nc2cc3nonc3cc2n1C. The van der Waals surface area contributed by atoms with Crippen molar-refractivity contribution in [1.82, 2.24) is 19.9 Å². The number of hydrogen-bond donors (Lipinski definition) is 0. The van der Waals surface area contributed by atoms with E-state index in [1.807, 2.05) is 30.7 Å². The first-order valence-corrected chi connectivity index (χ1v) is 4.31. The van der Waals surface area contributed by atoms with Crippen LogP contribution in [0.3, 0.4) is 0 Å². The van der Waals surface area contributed by atoms with Gasteiger partial charge in [-0.25, -0.2) is 9.61 Å². The Morgan fingerprint density at radius 3 is 2.64 bits per heavy atom. The Hall–Kier alpha value is -1.91. The van der Waals surface area contributed by atoms with Crippen LogP contribution >= 0.6 is 0 Å². The highest BCUT2D eigenvalue weighted by atomic mass is 16.6. The van der Waals surface area contributed by atoms with Crippen LogP contribution < -0.4 is 0 Å². The summed E-state index contributed by atoms with van der Waals surface area (Å²) in [6.45, 7) is 1.97. The third-order valence-electron chi connectivity index (χ3n) is 2.48. The normalized spacial score (nSPS) is 11.6. The molecule has 0 fully saturated rings. The number of aryl methyl sites for hydroxylation is 2. The van der Waals surface area contributed by atoms with Crippen molar-refractivity contribution >= 4 is 22.1 Å². The quantitative estimate of drug-likeness (QED) is 0.535. The summed E-state index contributed by atoms with van der Waals surface area (Å²) in [5.41, 5.74) is 3.48. The molecule has 5 nitrogen and oxygen atoms in total. The molecule has 0 spiro atoms. The second-order valence-electron chi connectivity index (χ2n) is 3.31. The molecule has 0 amide bonds. The lowest BCUT2D eigenvalue weighted by Crippen LogP contribution is -1.89. The van der Waals surface area contributed by atoms with Crippen LogP contribution in [-0.4, -0.2) is 19.9 Å². The van der Waals surface area contributed by atoms with E-state index in [1.165, 1.54) is 0 Å². The number of aromatic nitrogens is 4. The molecule has 0 radical (unpaired) electrons. The predicted molar refractivity (Wildman–Crippen MR) is 50.8 cm³/mol. The molecule has 2 aromatic heterocycles. The van der Waals surface area contributed by atoms with Gasteiger partial charge in [-0.15, -0.1) is 0 Å². The average molecular weight is 188 g/mol. The van der Waals surface area contributed by atoms with Gasteiger partial charge in [-0.05, 0) is 29.4 Å². The highest BCUT2D eigenvalue weighted by molar-refractivity contribution is 5.90. The second-order valence-corrected chi connectivity index (χ2v) is 3.31. The van der Waals surface area contributed by atoms with Crippen molar-refractivity contribution in [3.05, 3.63) is 18.0 Å². The lowest BCUT2D eigenvalue weighted by atomic mass is 10.3. The topological polar surface area (TPSA) is 56.7 Å². The number of rotatable bonds is 0. The van der Waals surface area contributed by atoms with Gasteiger partial charge in [-0.1, -0.05) is 0 Å². The van der Waals surface area contributed by atoms with Crippen molar-refractivity contribution in [2.24, 2.45) is 7.05 Å². The van der Waals surface area contributed by atoms with Crippen LogP contribution in [-0.2, 0) is 7.05 Å². The molecule has 14 heavy (non-hydrogen) atoms. The van der Waals surface area contributed by atoms with Crippen molar-refractivity contribution < 1.29 is 4.63 Å². The van der Waals surface area contributed by atoms with Gasteiger partial charge in [0.2, 0.25) is 0 Å². The molecular formula is C9H8N4O. The lowest BCUT2D eigenvalue weighted by Gasteiger charge is -1.94.